The monoisotopic (exact) mass is 303 g/mol. The Hall–Kier alpha value is -1.34. The number of anilines is 1. The second-order valence-corrected chi connectivity index (χ2v) is 5.15. The maximum Gasteiger partial charge on any atom is 0.418 e. The molecule has 1 aliphatic heterocycles. The minimum Gasteiger partial charge on any atom is -0.346 e. The van der Waals surface area contributed by atoms with E-state index in [9.17, 15) is 13.2 Å². The fourth-order valence-corrected chi connectivity index (χ4v) is 2.34. The third kappa shape index (κ3) is 3.61. The first-order valence-electron chi connectivity index (χ1n) is 6.28. The van der Waals surface area contributed by atoms with E-state index >= 15 is 0 Å². The molecule has 0 radical (unpaired) electrons. The largest absolute Gasteiger partial charge is 0.418 e. The van der Waals surface area contributed by atoms with Gasteiger partial charge in [-0.15, -0.1) is 0 Å². The molecule has 0 saturated carbocycles. The van der Waals surface area contributed by atoms with E-state index in [0.717, 1.165) is 32.2 Å². The van der Waals surface area contributed by atoms with Crippen molar-refractivity contribution in [1.29, 1.82) is 0 Å². The summed E-state index contributed by atoms with van der Waals surface area (Å²) in [5.41, 5.74) is -0.694. The van der Waals surface area contributed by atoms with Crippen molar-refractivity contribution in [3.8, 4) is 0 Å². The lowest BCUT2D eigenvalue weighted by molar-refractivity contribution is -0.136. The summed E-state index contributed by atoms with van der Waals surface area (Å²) in [6.07, 6.45) is -4.39. The second-order valence-electron chi connectivity index (χ2n) is 4.76. The van der Waals surface area contributed by atoms with E-state index in [-0.39, 0.29) is 5.69 Å². The number of rotatable bonds is 1. The molecule has 1 N–H and O–H groups in total. The van der Waals surface area contributed by atoms with E-state index in [4.69, 9.17) is 12.2 Å². The fourth-order valence-electron chi connectivity index (χ4n) is 2.04. The van der Waals surface area contributed by atoms with Crippen LogP contribution in [0, 0.1) is 0 Å². The number of alkyl halides is 3. The van der Waals surface area contributed by atoms with E-state index in [2.05, 4.69) is 10.2 Å². The zero-order valence-corrected chi connectivity index (χ0v) is 11.9. The molecule has 1 aromatic rings. The maximum atomic E-state index is 12.9. The van der Waals surface area contributed by atoms with Crippen molar-refractivity contribution in [2.45, 2.75) is 6.18 Å². The zero-order chi connectivity index (χ0) is 14.8. The van der Waals surface area contributed by atoms with Crippen LogP contribution >= 0.6 is 12.2 Å². The smallest absolute Gasteiger partial charge is 0.346 e. The van der Waals surface area contributed by atoms with Gasteiger partial charge in [-0.1, -0.05) is 12.1 Å². The number of nitrogens with one attached hydrogen (secondary N) is 1. The molecule has 0 unspecified atom stereocenters. The third-order valence-electron chi connectivity index (χ3n) is 3.26. The molecule has 1 fully saturated rings. The van der Waals surface area contributed by atoms with Gasteiger partial charge in [0.2, 0.25) is 0 Å². The molecule has 3 nitrogen and oxygen atoms in total. The molecular formula is C13H16F3N3S. The molecule has 0 aromatic heterocycles. The summed E-state index contributed by atoms with van der Waals surface area (Å²) in [4.78, 5) is 4.05. The normalized spacial score (nSPS) is 17.1. The number of para-hydroxylation sites is 1. The SMILES string of the molecule is CN1CCN(C(=S)Nc2ccccc2C(F)(F)F)CC1. The first kappa shape index (κ1) is 15.1. The molecule has 0 bridgehead atoms. The summed E-state index contributed by atoms with van der Waals surface area (Å²) in [5.74, 6) is 0. The van der Waals surface area contributed by atoms with Gasteiger partial charge >= 0.3 is 6.18 Å². The number of halogens is 3. The molecule has 7 heteroatoms. The Morgan fingerprint density at radius 3 is 2.35 bits per heavy atom. The van der Waals surface area contributed by atoms with Crippen molar-refractivity contribution in [3.63, 3.8) is 0 Å². The molecule has 1 heterocycles. The molecular weight excluding hydrogens is 287 g/mol. The van der Waals surface area contributed by atoms with Crippen molar-refractivity contribution >= 4 is 23.0 Å². The number of piperazine rings is 1. The van der Waals surface area contributed by atoms with Crippen LogP contribution < -0.4 is 5.32 Å². The number of benzene rings is 1. The number of hydrogen-bond donors (Lipinski definition) is 1. The Morgan fingerprint density at radius 1 is 1.15 bits per heavy atom. The number of nitrogens with zero attached hydrogens (tertiary/aromatic N) is 2. The van der Waals surface area contributed by atoms with Crippen LogP contribution in [0.4, 0.5) is 18.9 Å². The van der Waals surface area contributed by atoms with Gasteiger partial charge in [0, 0.05) is 26.2 Å². The molecule has 1 saturated heterocycles. The van der Waals surface area contributed by atoms with Crippen molar-refractivity contribution in [3.05, 3.63) is 29.8 Å². The van der Waals surface area contributed by atoms with Crippen molar-refractivity contribution in [1.82, 2.24) is 9.80 Å². The van der Waals surface area contributed by atoms with Crippen LogP contribution in [0.2, 0.25) is 0 Å². The van der Waals surface area contributed by atoms with Crippen molar-refractivity contribution in [2.75, 3.05) is 38.5 Å². The first-order chi connectivity index (χ1) is 9.38. The third-order valence-corrected chi connectivity index (χ3v) is 3.62. The van der Waals surface area contributed by atoms with Crippen LogP contribution in [0.3, 0.4) is 0 Å². The van der Waals surface area contributed by atoms with E-state index in [1.165, 1.54) is 12.1 Å². The topological polar surface area (TPSA) is 18.5 Å². The highest BCUT2D eigenvalue weighted by molar-refractivity contribution is 7.80. The van der Waals surface area contributed by atoms with Gasteiger partial charge in [0.25, 0.3) is 0 Å². The first-order valence-corrected chi connectivity index (χ1v) is 6.69. The Bertz CT molecular complexity index is 482. The minimum atomic E-state index is -4.39. The summed E-state index contributed by atoms with van der Waals surface area (Å²) in [5, 5.41) is 3.06. The summed E-state index contributed by atoms with van der Waals surface area (Å²) in [7, 11) is 2.01. The van der Waals surface area contributed by atoms with Gasteiger partial charge in [0.15, 0.2) is 5.11 Å². The molecule has 20 heavy (non-hydrogen) atoms. The van der Waals surface area contributed by atoms with E-state index in [1.807, 2.05) is 11.9 Å². The highest BCUT2D eigenvalue weighted by Crippen LogP contribution is 2.34. The van der Waals surface area contributed by atoms with Gasteiger partial charge in [0.05, 0.1) is 11.3 Å². The van der Waals surface area contributed by atoms with E-state index in [0.29, 0.717) is 5.11 Å². The van der Waals surface area contributed by atoms with Crippen molar-refractivity contribution in [2.24, 2.45) is 0 Å². The molecule has 0 aliphatic carbocycles. The Morgan fingerprint density at radius 2 is 1.75 bits per heavy atom. The lowest BCUT2D eigenvalue weighted by Gasteiger charge is -2.34. The molecule has 1 aromatic carbocycles. The average molecular weight is 303 g/mol. The van der Waals surface area contributed by atoms with Gasteiger partial charge in [-0.25, -0.2) is 0 Å². The molecule has 0 atom stereocenters. The zero-order valence-electron chi connectivity index (χ0n) is 11.1. The lowest BCUT2D eigenvalue weighted by atomic mass is 10.1. The molecule has 2 rings (SSSR count). The lowest BCUT2D eigenvalue weighted by Crippen LogP contribution is -2.48. The van der Waals surface area contributed by atoms with Gasteiger partial charge in [-0.3, -0.25) is 0 Å². The van der Waals surface area contributed by atoms with Gasteiger partial charge in [-0.05, 0) is 31.4 Å². The summed E-state index contributed by atoms with van der Waals surface area (Å²) in [6, 6.07) is 5.37. The standard InChI is InChI=1S/C13H16F3N3S/c1-18-6-8-19(9-7-18)12(20)17-11-5-3-2-4-10(11)13(14,15)16/h2-5H,6-9H2,1H3,(H,17,20). The van der Waals surface area contributed by atoms with Crippen LogP contribution in [-0.4, -0.2) is 48.1 Å². The molecule has 0 amide bonds. The highest BCUT2D eigenvalue weighted by Gasteiger charge is 2.33. The Kier molecular flexibility index (Phi) is 4.49. The molecule has 1 aliphatic rings. The average Bonchev–Trinajstić information content (AvgIpc) is 2.38. The highest BCUT2D eigenvalue weighted by atomic mass is 32.1. The second kappa shape index (κ2) is 5.97. The summed E-state index contributed by atoms with van der Waals surface area (Å²) >= 11 is 5.21. The summed E-state index contributed by atoms with van der Waals surface area (Å²) in [6.45, 7) is 3.14. The van der Waals surface area contributed by atoms with Crippen LogP contribution in [0.25, 0.3) is 0 Å². The van der Waals surface area contributed by atoms with Gasteiger partial charge < -0.3 is 15.1 Å². The fraction of sp³-hybridized carbons (Fsp3) is 0.462. The van der Waals surface area contributed by atoms with Crippen LogP contribution in [0.5, 0.6) is 0 Å². The minimum absolute atomic E-state index is 0.00364. The Labute approximate surface area is 121 Å². The molecule has 0 spiro atoms. The van der Waals surface area contributed by atoms with Crippen LogP contribution in [-0.2, 0) is 6.18 Å². The van der Waals surface area contributed by atoms with Gasteiger partial charge in [-0.2, -0.15) is 13.2 Å². The summed E-state index contributed by atoms with van der Waals surface area (Å²) < 4.78 is 38.7. The molecule has 110 valence electrons. The van der Waals surface area contributed by atoms with Gasteiger partial charge in [0.1, 0.15) is 0 Å². The van der Waals surface area contributed by atoms with E-state index < -0.39 is 11.7 Å². The Balaban J connectivity index is 2.08. The van der Waals surface area contributed by atoms with Crippen molar-refractivity contribution < 1.29 is 13.2 Å². The predicted octanol–water partition coefficient (Wildman–Crippen LogP) is 2.65. The maximum absolute atomic E-state index is 12.9. The number of thiocarbonyl (C=S) groups is 1. The van der Waals surface area contributed by atoms with Crippen LogP contribution in [0.1, 0.15) is 5.56 Å². The van der Waals surface area contributed by atoms with E-state index in [1.54, 1.807) is 6.07 Å². The quantitative estimate of drug-likeness (QED) is 0.804. The number of likely N-dealkylation sites (N-methyl/N-ethyl adjacent to an activating group) is 1. The van der Waals surface area contributed by atoms with Crippen LogP contribution in [0.15, 0.2) is 24.3 Å². The number of hydrogen-bond acceptors (Lipinski definition) is 2. The predicted molar refractivity (Wildman–Crippen MR) is 76.7 cm³/mol.